The highest BCUT2D eigenvalue weighted by molar-refractivity contribution is 5.79. The molecule has 0 radical (unpaired) electrons. The summed E-state index contributed by atoms with van der Waals surface area (Å²) in [7, 11) is 3.86. The molecule has 0 unspecified atom stereocenters. The van der Waals surface area contributed by atoms with Gasteiger partial charge in [-0.15, -0.1) is 0 Å². The summed E-state index contributed by atoms with van der Waals surface area (Å²) in [4.78, 5) is 4.39. The van der Waals surface area contributed by atoms with Crippen LogP contribution in [-0.4, -0.2) is 35.4 Å². The zero-order chi connectivity index (χ0) is 17.7. The lowest BCUT2D eigenvalue weighted by atomic mass is 9.80. The van der Waals surface area contributed by atoms with E-state index in [0.717, 1.165) is 36.5 Å². The Morgan fingerprint density at radius 1 is 1.25 bits per heavy atom. The van der Waals surface area contributed by atoms with Crippen LogP contribution in [0.5, 0.6) is 0 Å². The van der Waals surface area contributed by atoms with Crippen LogP contribution in [0, 0.1) is 25.7 Å². The summed E-state index contributed by atoms with van der Waals surface area (Å²) in [5, 5.41) is 11.6. The number of hydrogen-bond acceptors (Lipinski definition) is 2. The quantitative estimate of drug-likeness (QED) is 0.643. The normalized spacial score (nSPS) is 22.0. The van der Waals surface area contributed by atoms with Crippen molar-refractivity contribution in [3.8, 4) is 0 Å². The Morgan fingerprint density at radius 3 is 2.42 bits per heavy atom. The van der Waals surface area contributed by atoms with E-state index in [1.807, 2.05) is 18.8 Å². The summed E-state index contributed by atoms with van der Waals surface area (Å²) >= 11 is 0. The zero-order valence-electron chi connectivity index (χ0n) is 16.3. The first-order valence-electron chi connectivity index (χ1n) is 9.38. The fourth-order valence-electron chi connectivity index (χ4n) is 3.80. The van der Waals surface area contributed by atoms with Gasteiger partial charge in [0.2, 0.25) is 0 Å². The summed E-state index contributed by atoms with van der Waals surface area (Å²) in [6, 6.07) is 0.563. The van der Waals surface area contributed by atoms with Crippen molar-refractivity contribution < 1.29 is 0 Å². The van der Waals surface area contributed by atoms with Crippen LogP contribution in [0.3, 0.4) is 0 Å². The molecule has 24 heavy (non-hydrogen) atoms. The first kappa shape index (κ1) is 18.8. The Balaban J connectivity index is 1.77. The van der Waals surface area contributed by atoms with Crippen LogP contribution in [-0.2, 0) is 13.5 Å². The highest BCUT2D eigenvalue weighted by Crippen LogP contribution is 2.29. The van der Waals surface area contributed by atoms with E-state index in [4.69, 9.17) is 0 Å². The predicted molar refractivity (Wildman–Crippen MR) is 101 cm³/mol. The maximum atomic E-state index is 4.49. The van der Waals surface area contributed by atoms with Crippen molar-refractivity contribution in [2.45, 2.75) is 65.8 Å². The van der Waals surface area contributed by atoms with Gasteiger partial charge in [-0.2, -0.15) is 5.10 Å². The number of aromatic nitrogens is 2. The predicted octanol–water partition coefficient (Wildman–Crippen LogP) is 2.96. The van der Waals surface area contributed by atoms with E-state index >= 15 is 0 Å². The van der Waals surface area contributed by atoms with Crippen LogP contribution in [0.2, 0.25) is 0 Å². The molecule has 5 nitrogen and oxygen atoms in total. The van der Waals surface area contributed by atoms with Crippen LogP contribution < -0.4 is 10.6 Å². The van der Waals surface area contributed by atoms with Crippen LogP contribution in [0.1, 0.15) is 56.5 Å². The van der Waals surface area contributed by atoms with Crippen molar-refractivity contribution in [2.75, 3.05) is 13.6 Å². The third kappa shape index (κ3) is 4.74. The van der Waals surface area contributed by atoms with Crippen molar-refractivity contribution in [1.82, 2.24) is 20.4 Å². The van der Waals surface area contributed by atoms with Gasteiger partial charge in [-0.3, -0.25) is 9.67 Å². The summed E-state index contributed by atoms with van der Waals surface area (Å²) in [6.07, 6.45) is 6.15. The van der Waals surface area contributed by atoms with Gasteiger partial charge in [0.25, 0.3) is 0 Å². The first-order chi connectivity index (χ1) is 11.4. The molecule has 1 fully saturated rings. The van der Waals surface area contributed by atoms with Gasteiger partial charge in [0.1, 0.15) is 0 Å². The molecule has 5 heteroatoms. The molecule has 1 aromatic rings. The molecule has 1 heterocycles. The van der Waals surface area contributed by atoms with E-state index < -0.39 is 0 Å². The fraction of sp³-hybridized carbons (Fsp3) is 0.789. The smallest absolute Gasteiger partial charge is 0.191 e. The molecule has 1 aromatic heterocycles. The number of rotatable bonds is 5. The molecule has 1 aliphatic rings. The molecule has 2 N–H and O–H groups in total. The standard InChI is InChI=1S/C19H35N5/c1-13(2)16-7-9-17(10-8-16)22-19(20-5)21-12-11-18-14(3)23-24(6)15(18)4/h13,16-17H,7-12H2,1-6H3,(H2,20,21,22). The van der Waals surface area contributed by atoms with Gasteiger partial charge in [0.15, 0.2) is 5.96 Å². The largest absolute Gasteiger partial charge is 0.356 e. The molecular weight excluding hydrogens is 298 g/mol. The maximum Gasteiger partial charge on any atom is 0.191 e. The van der Waals surface area contributed by atoms with Crippen molar-refractivity contribution in [1.29, 1.82) is 0 Å². The molecule has 0 spiro atoms. The first-order valence-corrected chi connectivity index (χ1v) is 9.38. The highest BCUT2D eigenvalue weighted by Gasteiger charge is 2.23. The highest BCUT2D eigenvalue weighted by atomic mass is 15.3. The van der Waals surface area contributed by atoms with E-state index in [9.17, 15) is 0 Å². The average molecular weight is 334 g/mol. The molecule has 0 amide bonds. The number of nitrogens with zero attached hydrogens (tertiary/aromatic N) is 3. The van der Waals surface area contributed by atoms with Crippen molar-refractivity contribution in [3.63, 3.8) is 0 Å². The fourth-order valence-corrected chi connectivity index (χ4v) is 3.80. The lowest BCUT2D eigenvalue weighted by Crippen LogP contribution is -2.45. The molecule has 136 valence electrons. The van der Waals surface area contributed by atoms with Crippen molar-refractivity contribution in [3.05, 3.63) is 17.0 Å². The minimum Gasteiger partial charge on any atom is -0.356 e. The van der Waals surface area contributed by atoms with Crippen LogP contribution in [0.15, 0.2) is 4.99 Å². The van der Waals surface area contributed by atoms with Gasteiger partial charge in [0, 0.05) is 32.4 Å². The Bertz CT molecular complexity index is 550. The molecular formula is C19H35N5. The van der Waals surface area contributed by atoms with Crippen molar-refractivity contribution >= 4 is 5.96 Å². The number of guanidine groups is 1. The summed E-state index contributed by atoms with van der Waals surface area (Å²) < 4.78 is 1.96. The second kappa shape index (κ2) is 8.54. The molecule has 2 rings (SSSR count). The molecule has 0 aliphatic heterocycles. The second-order valence-corrected chi connectivity index (χ2v) is 7.52. The van der Waals surface area contributed by atoms with Gasteiger partial charge < -0.3 is 10.6 Å². The topological polar surface area (TPSA) is 54.2 Å². The Morgan fingerprint density at radius 2 is 1.92 bits per heavy atom. The van der Waals surface area contributed by atoms with Crippen LogP contribution in [0.4, 0.5) is 0 Å². The second-order valence-electron chi connectivity index (χ2n) is 7.52. The van der Waals surface area contributed by atoms with E-state index in [-0.39, 0.29) is 0 Å². The zero-order valence-corrected chi connectivity index (χ0v) is 16.3. The van der Waals surface area contributed by atoms with Crippen molar-refractivity contribution in [2.24, 2.45) is 23.9 Å². The molecule has 1 aliphatic carbocycles. The molecule has 0 bridgehead atoms. The Hall–Kier alpha value is -1.52. The SMILES string of the molecule is CN=C(NCCc1c(C)nn(C)c1C)NC1CCC(C(C)C)CC1. The minimum absolute atomic E-state index is 0.563. The van der Waals surface area contributed by atoms with Gasteiger partial charge in [-0.1, -0.05) is 13.8 Å². The summed E-state index contributed by atoms with van der Waals surface area (Å²) in [5.74, 6) is 2.64. The lowest BCUT2D eigenvalue weighted by molar-refractivity contribution is 0.250. The van der Waals surface area contributed by atoms with E-state index in [0.29, 0.717) is 6.04 Å². The van der Waals surface area contributed by atoms with Crippen LogP contribution in [0.25, 0.3) is 0 Å². The minimum atomic E-state index is 0.563. The average Bonchev–Trinajstić information content (AvgIpc) is 2.80. The van der Waals surface area contributed by atoms with Gasteiger partial charge in [0.05, 0.1) is 5.69 Å². The van der Waals surface area contributed by atoms with Gasteiger partial charge in [-0.25, -0.2) is 0 Å². The number of nitrogens with one attached hydrogen (secondary N) is 2. The van der Waals surface area contributed by atoms with Gasteiger partial charge in [-0.05, 0) is 63.4 Å². The van der Waals surface area contributed by atoms with Crippen LogP contribution >= 0.6 is 0 Å². The molecule has 0 saturated heterocycles. The van der Waals surface area contributed by atoms with E-state index in [1.54, 1.807) is 0 Å². The van der Waals surface area contributed by atoms with Gasteiger partial charge >= 0.3 is 0 Å². The molecule has 0 aromatic carbocycles. The third-order valence-electron chi connectivity index (χ3n) is 5.61. The summed E-state index contributed by atoms with van der Waals surface area (Å²) in [6.45, 7) is 9.80. The summed E-state index contributed by atoms with van der Waals surface area (Å²) in [5.41, 5.74) is 3.73. The van der Waals surface area contributed by atoms with E-state index in [2.05, 4.69) is 48.4 Å². The maximum absolute atomic E-state index is 4.49. The number of aliphatic imine (C=N–C) groups is 1. The monoisotopic (exact) mass is 333 g/mol. The Kier molecular flexibility index (Phi) is 6.69. The molecule has 0 atom stereocenters. The molecule has 1 saturated carbocycles. The number of aryl methyl sites for hydroxylation is 2. The number of hydrogen-bond donors (Lipinski definition) is 2. The Labute approximate surface area is 147 Å². The van der Waals surface area contributed by atoms with E-state index in [1.165, 1.54) is 36.9 Å². The lowest BCUT2D eigenvalue weighted by Gasteiger charge is -2.32. The third-order valence-corrected chi connectivity index (χ3v) is 5.61.